The standard InChI is InChI=1S/C10H15ClN2/c1-7-4-8(5-9(11)13-7)10(2,3)6-12/h4-5H,6,12H2,1-3H3. The lowest BCUT2D eigenvalue weighted by atomic mass is 9.85. The molecule has 0 atom stereocenters. The lowest BCUT2D eigenvalue weighted by molar-refractivity contribution is 0.538. The molecule has 0 aromatic carbocycles. The maximum atomic E-state index is 5.86. The average Bonchev–Trinajstić information content (AvgIpc) is 2.02. The number of aryl methyl sites for hydroxylation is 1. The Balaban J connectivity index is 3.15. The molecular formula is C10H15ClN2. The van der Waals surface area contributed by atoms with Crippen LogP contribution in [0.3, 0.4) is 0 Å². The SMILES string of the molecule is Cc1cc(C(C)(C)CN)cc(Cl)n1. The van der Waals surface area contributed by atoms with E-state index in [0.29, 0.717) is 11.7 Å². The molecule has 2 N–H and O–H groups in total. The van der Waals surface area contributed by atoms with E-state index >= 15 is 0 Å². The van der Waals surface area contributed by atoms with Crippen molar-refractivity contribution < 1.29 is 0 Å². The van der Waals surface area contributed by atoms with Crippen LogP contribution in [0.5, 0.6) is 0 Å². The van der Waals surface area contributed by atoms with Crippen LogP contribution in [0.4, 0.5) is 0 Å². The van der Waals surface area contributed by atoms with Crippen LogP contribution < -0.4 is 5.73 Å². The first-order chi connectivity index (χ1) is 5.95. The number of halogens is 1. The topological polar surface area (TPSA) is 38.9 Å². The zero-order valence-corrected chi connectivity index (χ0v) is 9.02. The number of nitrogens with zero attached hydrogens (tertiary/aromatic N) is 1. The summed E-state index contributed by atoms with van der Waals surface area (Å²) in [5.41, 5.74) is 7.72. The largest absolute Gasteiger partial charge is 0.330 e. The van der Waals surface area contributed by atoms with Gasteiger partial charge in [-0.05, 0) is 24.6 Å². The Morgan fingerprint density at radius 3 is 2.54 bits per heavy atom. The molecule has 1 aromatic heterocycles. The molecule has 0 bridgehead atoms. The van der Waals surface area contributed by atoms with Crippen molar-refractivity contribution in [3.63, 3.8) is 0 Å². The minimum Gasteiger partial charge on any atom is -0.330 e. The number of nitrogens with two attached hydrogens (primary N) is 1. The first kappa shape index (κ1) is 10.5. The number of rotatable bonds is 2. The molecule has 0 amide bonds. The molecule has 1 aromatic rings. The third-order valence-electron chi connectivity index (χ3n) is 2.21. The predicted molar refractivity (Wildman–Crippen MR) is 56.1 cm³/mol. The van der Waals surface area contributed by atoms with Gasteiger partial charge in [0, 0.05) is 17.7 Å². The molecule has 3 heteroatoms. The molecule has 0 saturated heterocycles. The van der Waals surface area contributed by atoms with Crippen molar-refractivity contribution in [2.75, 3.05) is 6.54 Å². The third kappa shape index (κ3) is 2.42. The lowest BCUT2D eigenvalue weighted by Crippen LogP contribution is -2.28. The Labute approximate surface area is 84.1 Å². The summed E-state index contributed by atoms with van der Waals surface area (Å²) in [5.74, 6) is 0. The fourth-order valence-electron chi connectivity index (χ4n) is 1.14. The quantitative estimate of drug-likeness (QED) is 0.741. The van der Waals surface area contributed by atoms with Crippen LogP contribution in [0.25, 0.3) is 0 Å². The van der Waals surface area contributed by atoms with Crippen LogP contribution in [0.2, 0.25) is 5.15 Å². The minimum atomic E-state index is -0.0304. The van der Waals surface area contributed by atoms with Gasteiger partial charge in [-0.15, -0.1) is 0 Å². The number of hydrogen-bond acceptors (Lipinski definition) is 2. The van der Waals surface area contributed by atoms with Gasteiger partial charge in [0.1, 0.15) is 5.15 Å². The molecule has 0 spiro atoms. The van der Waals surface area contributed by atoms with Crippen molar-refractivity contribution in [2.24, 2.45) is 5.73 Å². The summed E-state index contributed by atoms with van der Waals surface area (Å²) in [6.45, 7) is 6.73. The molecule has 0 saturated carbocycles. The summed E-state index contributed by atoms with van der Waals surface area (Å²) in [6, 6.07) is 3.90. The van der Waals surface area contributed by atoms with Crippen LogP contribution in [0.15, 0.2) is 12.1 Å². The molecule has 1 rings (SSSR count). The number of pyridine rings is 1. The molecule has 13 heavy (non-hydrogen) atoms. The maximum Gasteiger partial charge on any atom is 0.129 e. The molecule has 0 aliphatic rings. The monoisotopic (exact) mass is 198 g/mol. The fraction of sp³-hybridized carbons (Fsp3) is 0.500. The van der Waals surface area contributed by atoms with E-state index in [1.165, 1.54) is 0 Å². The zero-order valence-electron chi connectivity index (χ0n) is 8.26. The Morgan fingerprint density at radius 2 is 2.08 bits per heavy atom. The summed E-state index contributed by atoms with van der Waals surface area (Å²) in [4.78, 5) is 4.11. The van der Waals surface area contributed by atoms with Crippen molar-refractivity contribution in [1.82, 2.24) is 4.98 Å². The van der Waals surface area contributed by atoms with Crippen LogP contribution in [0, 0.1) is 6.92 Å². The van der Waals surface area contributed by atoms with Crippen molar-refractivity contribution in [2.45, 2.75) is 26.2 Å². The first-order valence-electron chi connectivity index (χ1n) is 4.30. The summed E-state index contributed by atoms with van der Waals surface area (Å²) in [6.07, 6.45) is 0. The van der Waals surface area contributed by atoms with E-state index in [1.54, 1.807) is 0 Å². The van der Waals surface area contributed by atoms with Gasteiger partial charge >= 0.3 is 0 Å². The Kier molecular flexibility index (Phi) is 2.94. The summed E-state index contributed by atoms with van der Waals surface area (Å²) >= 11 is 5.86. The van der Waals surface area contributed by atoms with E-state index in [0.717, 1.165) is 11.3 Å². The Bertz CT molecular complexity index is 288. The van der Waals surface area contributed by atoms with E-state index in [1.807, 2.05) is 19.1 Å². The molecule has 1 heterocycles. The van der Waals surface area contributed by atoms with E-state index in [-0.39, 0.29) is 5.41 Å². The number of aromatic nitrogens is 1. The predicted octanol–water partition coefficient (Wildman–Crippen LogP) is 2.28. The average molecular weight is 199 g/mol. The van der Waals surface area contributed by atoms with Gasteiger partial charge in [0.2, 0.25) is 0 Å². The van der Waals surface area contributed by atoms with E-state index < -0.39 is 0 Å². The third-order valence-corrected chi connectivity index (χ3v) is 2.41. The Morgan fingerprint density at radius 1 is 1.46 bits per heavy atom. The van der Waals surface area contributed by atoms with Gasteiger partial charge in [-0.1, -0.05) is 25.4 Å². The molecule has 72 valence electrons. The van der Waals surface area contributed by atoms with Crippen LogP contribution >= 0.6 is 11.6 Å². The highest BCUT2D eigenvalue weighted by molar-refractivity contribution is 6.29. The molecule has 2 nitrogen and oxygen atoms in total. The van der Waals surface area contributed by atoms with Crippen LogP contribution in [0.1, 0.15) is 25.1 Å². The second kappa shape index (κ2) is 3.64. The van der Waals surface area contributed by atoms with Gasteiger partial charge < -0.3 is 5.73 Å². The second-order valence-corrected chi connectivity index (χ2v) is 4.30. The highest BCUT2D eigenvalue weighted by atomic mass is 35.5. The van der Waals surface area contributed by atoms with Gasteiger partial charge in [0.15, 0.2) is 0 Å². The van der Waals surface area contributed by atoms with Gasteiger partial charge in [-0.2, -0.15) is 0 Å². The zero-order chi connectivity index (χ0) is 10.1. The molecule has 0 aliphatic heterocycles. The summed E-state index contributed by atoms with van der Waals surface area (Å²) < 4.78 is 0. The van der Waals surface area contributed by atoms with Crippen LogP contribution in [-0.4, -0.2) is 11.5 Å². The second-order valence-electron chi connectivity index (χ2n) is 3.91. The smallest absolute Gasteiger partial charge is 0.129 e. The van der Waals surface area contributed by atoms with E-state index in [2.05, 4.69) is 18.8 Å². The Hall–Kier alpha value is -0.600. The normalized spacial score (nSPS) is 11.8. The number of hydrogen-bond donors (Lipinski definition) is 1. The van der Waals surface area contributed by atoms with Gasteiger partial charge in [0.25, 0.3) is 0 Å². The fourth-order valence-corrected chi connectivity index (χ4v) is 1.39. The molecule has 0 fully saturated rings. The molecule has 0 radical (unpaired) electrons. The highest BCUT2D eigenvalue weighted by Gasteiger charge is 2.19. The molecular weight excluding hydrogens is 184 g/mol. The summed E-state index contributed by atoms with van der Waals surface area (Å²) in [5, 5.41) is 0.538. The highest BCUT2D eigenvalue weighted by Crippen LogP contribution is 2.24. The maximum absolute atomic E-state index is 5.86. The first-order valence-corrected chi connectivity index (χ1v) is 4.68. The molecule has 0 aliphatic carbocycles. The lowest BCUT2D eigenvalue weighted by Gasteiger charge is -2.23. The molecule has 0 unspecified atom stereocenters. The summed E-state index contributed by atoms with van der Waals surface area (Å²) in [7, 11) is 0. The van der Waals surface area contributed by atoms with Gasteiger partial charge in [0.05, 0.1) is 0 Å². The van der Waals surface area contributed by atoms with Crippen molar-refractivity contribution >= 4 is 11.6 Å². The van der Waals surface area contributed by atoms with E-state index in [4.69, 9.17) is 17.3 Å². The van der Waals surface area contributed by atoms with Crippen molar-refractivity contribution in [3.8, 4) is 0 Å². The van der Waals surface area contributed by atoms with Crippen molar-refractivity contribution in [1.29, 1.82) is 0 Å². The minimum absolute atomic E-state index is 0.0304. The van der Waals surface area contributed by atoms with Gasteiger partial charge in [-0.3, -0.25) is 0 Å². The van der Waals surface area contributed by atoms with Crippen LogP contribution in [-0.2, 0) is 5.41 Å². The van der Waals surface area contributed by atoms with E-state index in [9.17, 15) is 0 Å². The van der Waals surface area contributed by atoms with Gasteiger partial charge in [-0.25, -0.2) is 4.98 Å². The van der Waals surface area contributed by atoms with Crippen molar-refractivity contribution in [3.05, 3.63) is 28.5 Å².